The van der Waals surface area contributed by atoms with Crippen LogP contribution in [0, 0.1) is 3.57 Å². The number of fused-ring (bicyclic) bond motifs is 1. The lowest BCUT2D eigenvalue weighted by Gasteiger charge is -2.29. The van der Waals surface area contributed by atoms with Gasteiger partial charge in [-0.1, -0.05) is 58.8 Å². The Morgan fingerprint density at radius 1 is 1.07 bits per heavy atom. The van der Waals surface area contributed by atoms with Gasteiger partial charge in [0.05, 0.1) is 33.6 Å². The second kappa shape index (κ2) is 14.6. The van der Waals surface area contributed by atoms with Crippen molar-refractivity contribution in [2.24, 2.45) is 4.99 Å². The number of halogens is 3. The maximum Gasteiger partial charge on any atom is 0.271 e. The molecule has 0 saturated heterocycles. The molecule has 0 unspecified atom stereocenters. The lowest BCUT2D eigenvalue weighted by atomic mass is 9.94. The fourth-order valence-electron chi connectivity index (χ4n) is 5.37. The van der Waals surface area contributed by atoms with Crippen LogP contribution in [-0.4, -0.2) is 42.7 Å². The minimum Gasteiger partial charge on any atom is -0.496 e. The van der Waals surface area contributed by atoms with Crippen LogP contribution in [0.5, 0.6) is 17.2 Å². The number of thiazole rings is 1. The Morgan fingerprint density at radius 3 is 2.46 bits per heavy atom. The fourth-order valence-corrected chi connectivity index (χ4v) is 7.66. The Bertz CT molecular complexity index is 2020. The summed E-state index contributed by atoms with van der Waals surface area (Å²) in [6.07, 6.45) is 1.80. The van der Waals surface area contributed by atoms with Crippen molar-refractivity contribution in [2.75, 3.05) is 27.3 Å². The Labute approximate surface area is 294 Å². The zero-order chi connectivity index (χ0) is 33.1. The van der Waals surface area contributed by atoms with Gasteiger partial charge < -0.3 is 19.1 Å². The number of benzene rings is 3. The second-order valence-corrected chi connectivity index (χ2v) is 13.4. The molecule has 12 heteroatoms. The molecular formula is C34H32Cl2IN3O5S. The van der Waals surface area contributed by atoms with Crippen LogP contribution in [0.3, 0.4) is 0 Å². The van der Waals surface area contributed by atoms with E-state index in [9.17, 15) is 9.59 Å². The zero-order valence-electron chi connectivity index (χ0n) is 25.9. The third-order valence-electron chi connectivity index (χ3n) is 7.67. The Morgan fingerprint density at radius 2 is 1.78 bits per heavy atom. The SMILES string of the molecule is CCN(CC)C(=O)C1=C(C)N=c2s/c(=C/c3cc(I)c(OCc4ccc(Cl)cc4Cl)c(OC)c3)c(=O)n2[C@H]1c1ccccc1OC. The maximum absolute atomic E-state index is 14.2. The van der Waals surface area contributed by atoms with E-state index in [1.165, 1.54) is 11.3 Å². The van der Waals surface area contributed by atoms with Crippen LogP contribution >= 0.6 is 57.1 Å². The topological polar surface area (TPSA) is 82.4 Å². The van der Waals surface area contributed by atoms with Crippen molar-refractivity contribution in [2.45, 2.75) is 33.4 Å². The van der Waals surface area contributed by atoms with E-state index in [-0.39, 0.29) is 18.1 Å². The Hall–Kier alpha value is -3.32. The molecule has 240 valence electrons. The van der Waals surface area contributed by atoms with Crippen LogP contribution in [0.4, 0.5) is 0 Å². The molecular weight excluding hydrogens is 760 g/mol. The highest BCUT2D eigenvalue weighted by Crippen LogP contribution is 2.37. The number of nitrogens with zero attached hydrogens (tertiary/aromatic N) is 3. The number of carbonyl (C=O) groups excluding carboxylic acids is 1. The normalized spacial score (nSPS) is 14.5. The summed E-state index contributed by atoms with van der Waals surface area (Å²) in [5.74, 6) is 1.48. The molecule has 3 aromatic carbocycles. The lowest BCUT2D eigenvalue weighted by Crippen LogP contribution is -2.43. The largest absolute Gasteiger partial charge is 0.496 e. The van der Waals surface area contributed by atoms with Gasteiger partial charge in [-0.15, -0.1) is 0 Å². The first-order valence-corrected chi connectivity index (χ1v) is 17.2. The lowest BCUT2D eigenvalue weighted by molar-refractivity contribution is -0.127. The minimum atomic E-state index is -0.715. The van der Waals surface area contributed by atoms with Crippen molar-refractivity contribution >= 4 is 69.1 Å². The van der Waals surface area contributed by atoms with Gasteiger partial charge in [0.15, 0.2) is 16.3 Å². The standard InChI is InChI=1S/C34H32Cl2IN3O5S/c1-6-39(7-2)33(42)29-19(3)38-34-40(30(29)23-10-8-9-11-26(23)43-4)32(41)28(46-34)16-20-14-25(37)31(27(15-20)44-5)45-18-21-12-13-22(35)17-24(21)36/h8-17,30H,6-7,18H2,1-5H3/b28-16+/t30-/m0/s1. The number of para-hydroxylation sites is 1. The van der Waals surface area contributed by atoms with Crippen molar-refractivity contribution in [3.63, 3.8) is 0 Å². The molecule has 0 aliphatic carbocycles. The maximum atomic E-state index is 14.2. The average Bonchev–Trinajstić information content (AvgIpc) is 3.34. The van der Waals surface area contributed by atoms with E-state index in [4.69, 9.17) is 42.4 Å². The van der Waals surface area contributed by atoms with Crippen molar-refractivity contribution in [3.8, 4) is 17.2 Å². The van der Waals surface area contributed by atoms with Gasteiger partial charge in [-0.25, -0.2) is 4.99 Å². The van der Waals surface area contributed by atoms with Gasteiger partial charge in [0.25, 0.3) is 11.5 Å². The molecule has 8 nitrogen and oxygen atoms in total. The van der Waals surface area contributed by atoms with Crippen molar-refractivity contribution < 1.29 is 19.0 Å². The first kappa shape index (κ1) is 34.0. The molecule has 1 aliphatic rings. The summed E-state index contributed by atoms with van der Waals surface area (Å²) in [6, 6.07) is 15.7. The van der Waals surface area contributed by atoms with E-state index in [0.29, 0.717) is 66.6 Å². The fraction of sp³-hybridized carbons (Fsp3) is 0.265. The number of likely N-dealkylation sites (N-methyl/N-ethyl adjacent to an activating group) is 1. The number of methoxy groups -OCH3 is 2. The number of carbonyl (C=O) groups is 1. The predicted octanol–water partition coefficient (Wildman–Crippen LogP) is 6.61. The quantitative estimate of drug-likeness (QED) is 0.169. The van der Waals surface area contributed by atoms with Crippen LogP contribution in [0.1, 0.15) is 43.5 Å². The molecule has 0 bridgehead atoms. The molecule has 46 heavy (non-hydrogen) atoms. The number of hydrogen-bond donors (Lipinski definition) is 0. The van der Waals surface area contributed by atoms with E-state index in [1.54, 1.807) is 41.9 Å². The molecule has 0 saturated carbocycles. The molecule has 0 fully saturated rings. The second-order valence-electron chi connectivity index (χ2n) is 10.4. The van der Waals surface area contributed by atoms with E-state index >= 15 is 0 Å². The molecule has 0 N–H and O–H groups in total. The predicted molar refractivity (Wildman–Crippen MR) is 191 cm³/mol. The van der Waals surface area contributed by atoms with Crippen LogP contribution in [0.2, 0.25) is 10.0 Å². The molecule has 0 radical (unpaired) electrons. The van der Waals surface area contributed by atoms with E-state index in [1.807, 2.05) is 63.2 Å². The van der Waals surface area contributed by atoms with E-state index in [2.05, 4.69) is 22.6 Å². The van der Waals surface area contributed by atoms with Gasteiger partial charge in [-0.3, -0.25) is 14.2 Å². The number of allylic oxidation sites excluding steroid dienone is 1. The van der Waals surface area contributed by atoms with Crippen LogP contribution in [-0.2, 0) is 11.4 Å². The highest BCUT2D eigenvalue weighted by atomic mass is 127. The summed E-state index contributed by atoms with van der Waals surface area (Å²) in [5.41, 5.74) is 3.00. The van der Waals surface area contributed by atoms with Gasteiger partial charge in [0.2, 0.25) is 0 Å². The van der Waals surface area contributed by atoms with Crippen LogP contribution in [0.25, 0.3) is 6.08 Å². The zero-order valence-corrected chi connectivity index (χ0v) is 30.4. The average molecular weight is 793 g/mol. The van der Waals surface area contributed by atoms with Gasteiger partial charge in [0, 0.05) is 34.3 Å². The van der Waals surface area contributed by atoms with Gasteiger partial charge >= 0.3 is 0 Å². The molecule has 1 aromatic heterocycles. The highest BCUT2D eigenvalue weighted by Gasteiger charge is 2.35. The van der Waals surface area contributed by atoms with Gasteiger partial charge in [-0.2, -0.15) is 0 Å². The monoisotopic (exact) mass is 791 g/mol. The summed E-state index contributed by atoms with van der Waals surface area (Å²) in [6.45, 7) is 6.97. The van der Waals surface area contributed by atoms with Crippen LogP contribution < -0.4 is 29.1 Å². The third-order valence-corrected chi connectivity index (χ3v) is 10.0. The van der Waals surface area contributed by atoms with Crippen molar-refractivity contribution in [3.05, 3.63) is 116 Å². The van der Waals surface area contributed by atoms with Crippen LogP contribution in [0.15, 0.2) is 75.7 Å². The third kappa shape index (κ3) is 6.71. The summed E-state index contributed by atoms with van der Waals surface area (Å²) in [5, 5.41) is 1.06. The molecule has 1 amide bonds. The smallest absolute Gasteiger partial charge is 0.271 e. The summed E-state index contributed by atoms with van der Waals surface area (Å²) < 4.78 is 20.4. The summed E-state index contributed by atoms with van der Waals surface area (Å²) in [7, 11) is 3.15. The van der Waals surface area contributed by atoms with Crippen molar-refractivity contribution in [1.82, 2.24) is 9.47 Å². The highest BCUT2D eigenvalue weighted by molar-refractivity contribution is 14.1. The minimum absolute atomic E-state index is 0.161. The summed E-state index contributed by atoms with van der Waals surface area (Å²) >= 11 is 15.8. The van der Waals surface area contributed by atoms with Gasteiger partial charge in [0.1, 0.15) is 18.4 Å². The number of rotatable bonds is 10. The first-order valence-electron chi connectivity index (χ1n) is 14.5. The first-order chi connectivity index (χ1) is 22.1. The molecule has 5 rings (SSSR count). The molecule has 1 atom stereocenters. The Balaban J connectivity index is 1.60. The summed E-state index contributed by atoms with van der Waals surface area (Å²) in [4.78, 5) is 35.1. The molecule has 1 aliphatic heterocycles. The van der Waals surface area contributed by atoms with E-state index in [0.717, 1.165) is 14.7 Å². The number of aromatic nitrogens is 1. The van der Waals surface area contributed by atoms with Gasteiger partial charge in [-0.05, 0) is 85.3 Å². The van der Waals surface area contributed by atoms with Crippen molar-refractivity contribution in [1.29, 1.82) is 0 Å². The molecule has 2 heterocycles. The number of hydrogen-bond acceptors (Lipinski definition) is 7. The molecule has 4 aromatic rings. The Kier molecular flexibility index (Phi) is 10.8. The number of ether oxygens (including phenoxy) is 3. The van der Waals surface area contributed by atoms with E-state index < -0.39 is 6.04 Å². The molecule has 0 spiro atoms. The number of amides is 1.